The van der Waals surface area contributed by atoms with Crippen LogP contribution in [0.5, 0.6) is 5.75 Å². The van der Waals surface area contributed by atoms with Crippen molar-refractivity contribution >= 4 is 33.4 Å². The van der Waals surface area contributed by atoms with Crippen LogP contribution in [0.2, 0.25) is 0 Å². The number of hydrogen-bond donors (Lipinski definition) is 1. The Kier molecular flexibility index (Phi) is 3.91. The number of methoxy groups -OCH3 is 1. The minimum absolute atomic E-state index is 0.201. The van der Waals surface area contributed by atoms with E-state index in [0.717, 1.165) is 22.5 Å². The fourth-order valence-electron chi connectivity index (χ4n) is 2.34. The Morgan fingerprint density at radius 1 is 1.12 bits per heavy atom. The first kappa shape index (κ1) is 15.3. The van der Waals surface area contributed by atoms with Gasteiger partial charge in [-0.25, -0.2) is 9.97 Å². The zero-order valence-electron chi connectivity index (χ0n) is 13.3. The molecule has 0 amide bonds. The van der Waals surface area contributed by atoms with Gasteiger partial charge in [0.25, 0.3) is 5.89 Å². The number of oxazole rings is 1. The van der Waals surface area contributed by atoms with E-state index in [9.17, 15) is 0 Å². The van der Waals surface area contributed by atoms with E-state index in [1.807, 2.05) is 53.9 Å². The van der Waals surface area contributed by atoms with Gasteiger partial charge in [-0.1, -0.05) is 12.1 Å². The van der Waals surface area contributed by atoms with Crippen LogP contribution in [0.4, 0.5) is 5.13 Å². The highest BCUT2D eigenvalue weighted by molar-refractivity contribution is 7.13. The molecular weight excluding hydrogens is 336 g/mol. The standard InChI is InChI=1S/C18H14N4O2S/c1-23-12-8-6-11(7-9-12)14-10-25-18(21-14)22-16(19)17-20-13-4-2-3-5-15(13)24-17/h2-10H,1H3,(H2,19,21,22). The number of fused-ring (bicyclic) bond motifs is 1. The number of aliphatic imine (C=N–C) groups is 1. The van der Waals surface area contributed by atoms with Crippen molar-refractivity contribution < 1.29 is 9.15 Å². The molecule has 4 rings (SSSR count). The van der Waals surface area contributed by atoms with E-state index in [-0.39, 0.29) is 5.84 Å². The summed E-state index contributed by atoms with van der Waals surface area (Å²) in [5.41, 5.74) is 9.25. The van der Waals surface area contributed by atoms with Crippen molar-refractivity contribution in [2.24, 2.45) is 10.7 Å². The van der Waals surface area contributed by atoms with E-state index in [2.05, 4.69) is 15.0 Å². The van der Waals surface area contributed by atoms with Crippen LogP contribution in [0.15, 0.2) is 63.3 Å². The fourth-order valence-corrected chi connectivity index (χ4v) is 3.05. The molecule has 2 aromatic heterocycles. The molecule has 0 saturated carbocycles. The van der Waals surface area contributed by atoms with Gasteiger partial charge in [0.15, 0.2) is 11.4 Å². The van der Waals surface area contributed by atoms with Crippen LogP contribution in [0, 0.1) is 0 Å². The predicted molar refractivity (Wildman–Crippen MR) is 98.5 cm³/mol. The van der Waals surface area contributed by atoms with Gasteiger partial charge in [-0.2, -0.15) is 4.99 Å². The number of ether oxygens (including phenoxy) is 1. The molecule has 0 spiro atoms. The van der Waals surface area contributed by atoms with Crippen molar-refractivity contribution in [2.75, 3.05) is 7.11 Å². The Balaban J connectivity index is 1.61. The number of para-hydroxylation sites is 2. The lowest BCUT2D eigenvalue weighted by Gasteiger charge is -2.00. The highest BCUT2D eigenvalue weighted by atomic mass is 32.1. The number of benzene rings is 2. The van der Waals surface area contributed by atoms with Crippen LogP contribution >= 0.6 is 11.3 Å². The van der Waals surface area contributed by atoms with Crippen molar-refractivity contribution in [1.82, 2.24) is 9.97 Å². The van der Waals surface area contributed by atoms with Gasteiger partial charge >= 0.3 is 0 Å². The van der Waals surface area contributed by atoms with Crippen molar-refractivity contribution in [3.8, 4) is 17.0 Å². The molecular formula is C18H14N4O2S. The summed E-state index contributed by atoms with van der Waals surface area (Å²) in [5, 5.41) is 2.48. The lowest BCUT2D eigenvalue weighted by Crippen LogP contribution is -2.12. The molecule has 0 saturated heterocycles. The molecule has 6 nitrogen and oxygen atoms in total. The van der Waals surface area contributed by atoms with Crippen LogP contribution in [0.1, 0.15) is 5.89 Å². The van der Waals surface area contributed by atoms with E-state index in [1.54, 1.807) is 7.11 Å². The van der Waals surface area contributed by atoms with Crippen LogP contribution < -0.4 is 10.5 Å². The summed E-state index contributed by atoms with van der Waals surface area (Å²) < 4.78 is 10.8. The molecule has 2 heterocycles. The Morgan fingerprint density at radius 2 is 1.92 bits per heavy atom. The first-order valence-corrected chi connectivity index (χ1v) is 8.41. The highest BCUT2D eigenvalue weighted by Crippen LogP contribution is 2.28. The largest absolute Gasteiger partial charge is 0.497 e. The second-order valence-corrected chi connectivity index (χ2v) is 6.06. The van der Waals surface area contributed by atoms with E-state index >= 15 is 0 Å². The topological polar surface area (TPSA) is 86.5 Å². The summed E-state index contributed by atoms with van der Waals surface area (Å²) in [6.45, 7) is 0. The Bertz CT molecular complexity index is 1020. The Morgan fingerprint density at radius 3 is 2.68 bits per heavy atom. The number of rotatable bonds is 4. The molecule has 0 fully saturated rings. The number of amidine groups is 1. The predicted octanol–water partition coefficient (Wildman–Crippen LogP) is 4.00. The molecule has 2 N–H and O–H groups in total. The molecule has 0 aliphatic carbocycles. The lowest BCUT2D eigenvalue weighted by atomic mass is 10.2. The van der Waals surface area contributed by atoms with Gasteiger partial charge in [-0.3, -0.25) is 0 Å². The number of thiazole rings is 1. The number of nitrogens with two attached hydrogens (primary N) is 1. The van der Waals surface area contributed by atoms with Gasteiger partial charge in [0.1, 0.15) is 11.3 Å². The first-order valence-electron chi connectivity index (χ1n) is 7.53. The normalized spacial score (nSPS) is 11.8. The molecule has 0 unspecified atom stereocenters. The highest BCUT2D eigenvalue weighted by Gasteiger charge is 2.11. The SMILES string of the molecule is COc1ccc(-c2csc(/N=C(\N)c3nc4ccccc4o3)n2)cc1. The zero-order valence-corrected chi connectivity index (χ0v) is 14.2. The molecule has 124 valence electrons. The Hall–Kier alpha value is -3.19. The third-order valence-electron chi connectivity index (χ3n) is 3.61. The number of hydrogen-bond acceptors (Lipinski definition) is 6. The van der Waals surface area contributed by atoms with E-state index in [4.69, 9.17) is 14.9 Å². The van der Waals surface area contributed by atoms with Crippen molar-refractivity contribution in [3.05, 3.63) is 59.8 Å². The summed E-state index contributed by atoms with van der Waals surface area (Å²) in [4.78, 5) is 13.2. The monoisotopic (exact) mass is 350 g/mol. The fraction of sp³-hybridized carbons (Fsp3) is 0.0556. The van der Waals surface area contributed by atoms with E-state index in [0.29, 0.717) is 16.6 Å². The average Bonchev–Trinajstić information content (AvgIpc) is 3.28. The molecule has 25 heavy (non-hydrogen) atoms. The lowest BCUT2D eigenvalue weighted by molar-refractivity contribution is 0.415. The van der Waals surface area contributed by atoms with Crippen LogP contribution in [-0.2, 0) is 0 Å². The molecule has 0 aliphatic heterocycles. The number of aromatic nitrogens is 2. The van der Waals surface area contributed by atoms with E-state index < -0.39 is 0 Å². The third-order valence-corrected chi connectivity index (χ3v) is 4.34. The molecule has 0 atom stereocenters. The van der Waals surface area contributed by atoms with Gasteiger partial charge in [-0.15, -0.1) is 11.3 Å². The Labute approximate surface area is 147 Å². The third kappa shape index (κ3) is 3.09. The minimum atomic E-state index is 0.201. The van der Waals surface area contributed by atoms with Crippen LogP contribution in [0.3, 0.4) is 0 Å². The summed E-state index contributed by atoms with van der Waals surface area (Å²) in [5.74, 6) is 1.30. The molecule has 7 heteroatoms. The van der Waals surface area contributed by atoms with E-state index in [1.165, 1.54) is 11.3 Å². The molecule has 0 bridgehead atoms. The van der Waals surface area contributed by atoms with Gasteiger partial charge < -0.3 is 14.9 Å². The molecule has 0 aliphatic rings. The summed E-state index contributed by atoms with van der Waals surface area (Å²) >= 11 is 1.40. The zero-order chi connectivity index (χ0) is 17.2. The average molecular weight is 350 g/mol. The second-order valence-electron chi connectivity index (χ2n) is 5.23. The quantitative estimate of drug-likeness (QED) is 0.444. The van der Waals surface area contributed by atoms with Crippen molar-refractivity contribution in [1.29, 1.82) is 0 Å². The smallest absolute Gasteiger partial charge is 0.263 e. The first-order chi connectivity index (χ1) is 12.2. The summed E-state index contributed by atoms with van der Waals surface area (Å²) in [6, 6.07) is 15.2. The van der Waals surface area contributed by atoms with Crippen LogP contribution in [0.25, 0.3) is 22.4 Å². The summed E-state index contributed by atoms with van der Waals surface area (Å²) in [7, 11) is 1.64. The molecule has 0 radical (unpaired) electrons. The molecule has 2 aromatic carbocycles. The van der Waals surface area contributed by atoms with Crippen molar-refractivity contribution in [3.63, 3.8) is 0 Å². The van der Waals surface area contributed by atoms with Crippen LogP contribution in [-0.4, -0.2) is 22.9 Å². The molecule has 4 aromatic rings. The minimum Gasteiger partial charge on any atom is -0.497 e. The maximum absolute atomic E-state index is 6.02. The van der Waals surface area contributed by atoms with Gasteiger partial charge in [0.05, 0.1) is 12.8 Å². The van der Waals surface area contributed by atoms with Gasteiger partial charge in [-0.05, 0) is 36.4 Å². The summed E-state index contributed by atoms with van der Waals surface area (Å²) in [6.07, 6.45) is 0. The maximum Gasteiger partial charge on any atom is 0.263 e. The second kappa shape index (κ2) is 6.37. The maximum atomic E-state index is 6.02. The van der Waals surface area contributed by atoms with Gasteiger partial charge in [0, 0.05) is 10.9 Å². The van der Waals surface area contributed by atoms with Gasteiger partial charge in [0.2, 0.25) is 5.13 Å². The number of nitrogens with zero attached hydrogens (tertiary/aromatic N) is 3. The van der Waals surface area contributed by atoms with Crippen molar-refractivity contribution in [2.45, 2.75) is 0 Å².